The lowest BCUT2D eigenvalue weighted by Crippen LogP contribution is -2.45. The maximum absolute atomic E-state index is 6.90. The van der Waals surface area contributed by atoms with Gasteiger partial charge in [-0.1, -0.05) is 133 Å². The maximum atomic E-state index is 6.90. The van der Waals surface area contributed by atoms with Crippen molar-refractivity contribution in [1.82, 2.24) is 10.6 Å². The summed E-state index contributed by atoms with van der Waals surface area (Å²) in [6.07, 6.45) is -0.674. The van der Waals surface area contributed by atoms with E-state index < -0.39 is 0 Å². The molecule has 0 saturated carbocycles. The number of hydrogen-bond donors (Lipinski definition) is 2. The summed E-state index contributed by atoms with van der Waals surface area (Å²) in [7, 11) is 0. The third-order valence-electron chi connectivity index (χ3n) is 12.2. The first-order valence-corrected chi connectivity index (χ1v) is 20.8. The van der Waals surface area contributed by atoms with Gasteiger partial charge in [-0.15, -0.1) is 11.3 Å². The molecule has 0 radical (unpaired) electrons. The Hall–Kier alpha value is -7.25. The molecule has 2 unspecified atom stereocenters. The van der Waals surface area contributed by atoms with Crippen LogP contribution >= 0.6 is 11.3 Å². The highest BCUT2D eigenvalue weighted by Crippen LogP contribution is 2.45. The molecule has 13 rings (SSSR count). The monoisotopic (exact) mass is 775 g/mol. The number of hydrogen-bond acceptors (Lipinski definition) is 6. The third kappa shape index (κ3) is 5.04. The van der Waals surface area contributed by atoms with Crippen LogP contribution in [0.4, 0.5) is 0 Å². The molecule has 0 saturated heterocycles. The molecule has 6 heteroatoms. The predicted molar refractivity (Wildman–Crippen MR) is 246 cm³/mol. The van der Waals surface area contributed by atoms with E-state index in [1.165, 1.54) is 47.3 Å². The van der Waals surface area contributed by atoms with Crippen LogP contribution in [0.2, 0.25) is 0 Å². The molecule has 4 heterocycles. The van der Waals surface area contributed by atoms with E-state index in [1.807, 2.05) is 29.5 Å². The summed E-state index contributed by atoms with van der Waals surface area (Å²) in [5.74, 6) is 0.825. The number of aliphatic imine (C=N–C) groups is 1. The number of benzene rings is 9. The average Bonchev–Trinajstić information content (AvgIpc) is 4.00. The summed E-state index contributed by atoms with van der Waals surface area (Å²) in [6, 6.07) is 62.6. The van der Waals surface area contributed by atoms with Crippen molar-refractivity contribution in [2.24, 2.45) is 4.99 Å². The zero-order valence-electron chi connectivity index (χ0n) is 31.6. The van der Waals surface area contributed by atoms with Crippen LogP contribution in [-0.2, 0) is 0 Å². The van der Waals surface area contributed by atoms with Gasteiger partial charge >= 0.3 is 0 Å². The summed E-state index contributed by atoms with van der Waals surface area (Å²) in [4.78, 5) is 5.43. The van der Waals surface area contributed by atoms with Gasteiger partial charge in [0.25, 0.3) is 0 Å². The number of rotatable bonds is 4. The van der Waals surface area contributed by atoms with Gasteiger partial charge in [-0.25, -0.2) is 4.99 Å². The Balaban J connectivity index is 1.01. The molecule has 0 aliphatic carbocycles. The van der Waals surface area contributed by atoms with Gasteiger partial charge in [0.2, 0.25) is 0 Å². The number of para-hydroxylation sites is 2. The fourth-order valence-corrected chi connectivity index (χ4v) is 10.5. The lowest BCUT2D eigenvalue weighted by atomic mass is 9.94. The summed E-state index contributed by atoms with van der Waals surface area (Å²) in [6.45, 7) is 0. The van der Waals surface area contributed by atoms with Crippen LogP contribution in [0.5, 0.6) is 0 Å². The number of fused-ring (bicyclic) bond motifs is 12. The summed E-state index contributed by atoms with van der Waals surface area (Å²) in [5.41, 5.74) is 8.90. The van der Waals surface area contributed by atoms with Crippen molar-refractivity contribution < 1.29 is 8.83 Å². The first-order chi connectivity index (χ1) is 29.2. The minimum absolute atomic E-state index is 0.313. The molecule has 0 bridgehead atoms. The van der Waals surface area contributed by atoms with Crippen LogP contribution < -0.4 is 10.6 Å². The third-order valence-corrected chi connectivity index (χ3v) is 13.3. The minimum Gasteiger partial charge on any atom is -0.456 e. The van der Waals surface area contributed by atoms with Gasteiger partial charge in [0.05, 0.1) is 0 Å². The minimum atomic E-state index is -0.361. The molecule has 0 amide bonds. The Morgan fingerprint density at radius 1 is 0.475 bits per heavy atom. The number of furan rings is 2. The van der Waals surface area contributed by atoms with Gasteiger partial charge < -0.3 is 14.2 Å². The summed E-state index contributed by atoms with van der Waals surface area (Å²) >= 11 is 1.84. The second-order valence-corrected chi connectivity index (χ2v) is 16.6. The number of nitrogens with zero attached hydrogens (tertiary/aromatic N) is 1. The van der Waals surface area contributed by atoms with Crippen LogP contribution in [0.15, 0.2) is 190 Å². The molecule has 278 valence electrons. The standard InChI is InChI=1S/C53H33N3O2S/c1-2-11-34-30(10-1)20-21-31-28-32(22-24-35(31)34)51-54-52(33-23-27-45-42(29-33)36-12-3-6-16-43(36)57-45)56-53(55-51)41-26-25-38(50-49(41)39-13-4-7-17-44(39)58-50)37-15-9-19-47-48(37)40-14-5-8-18-46(40)59-47/h1-29,52-53,56H,(H,54,55). The van der Waals surface area contributed by atoms with Gasteiger partial charge in [0, 0.05) is 58.4 Å². The van der Waals surface area contributed by atoms with Gasteiger partial charge in [0.1, 0.15) is 40.5 Å². The molecule has 9 aromatic carbocycles. The van der Waals surface area contributed by atoms with Gasteiger partial charge in [-0.2, -0.15) is 0 Å². The van der Waals surface area contributed by atoms with E-state index in [-0.39, 0.29) is 12.3 Å². The molecule has 3 aromatic heterocycles. The molecule has 0 fully saturated rings. The quantitative estimate of drug-likeness (QED) is 0.175. The fourth-order valence-electron chi connectivity index (χ4n) is 9.42. The zero-order valence-corrected chi connectivity index (χ0v) is 32.4. The van der Waals surface area contributed by atoms with Crippen molar-refractivity contribution in [3.8, 4) is 11.1 Å². The molecule has 12 aromatic rings. The van der Waals surface area contributed by atoms with E-state index >= 15 is 0 Å². The molecule has 2 N–H and O–H groups in total. The Bertz CT molecular complexity index is 3720. The molecule has 2 atom stereocenters. The SMILES string of the molecule is c1ccc2c(c1)ccc1cc(C3=NC(c4ccc5oc6ccccc6c5c4)NC(c4ccc(-c5cccc6sc7ccccc7c56)c5oc6ccccc6c45)N3)ccc12. The van der Waals surface area contributed by atoms with Gasteiger partial charge in [0.15, 0.2) is 0 Å². The number of nitrogens with one attached hydrogen (secondary N) is 2. The van der Waals surface area contributed by atoms with E-state index in [1.54, 1.807) is 0 Å². The number of thiophene rings is 1. The first-order valence-electron chi connectivity index (χ1n) is 20.0. The van der Waals surface area contributed by atoms with E-state index in [9.17, 15) is 0 Å². The van der Waals surface area contributed by atoms with Crippen LogP contribution in [0.3, 0.4) is 0 Å². The second-order valence-electron chi connectivity index (χ2n) is 15.5. The first kappa shape index (κ1) is 32.8. The van der Waals surface area contributed by atoms with Gasteiger partial charge in [-0.05, 0) is 75.1 Å². The molecule has 59 heavy (non-hydrogen) atoms. The largest absolute Gasteiger partial charge is 0.456 e. The van der Waals surface area contributed by atoms with Crippen molar-refractivity contribution in [1.29, 1.82) is 0 Å². The highest BCUT2D eigenvalue weighted by Gasteiger charge is 2.30. The fraction of sp³-hybridized carbons (Fsp3) is 0.0377. The van der Waals surface area contributed by atoms with Crippen LogP contribution in [0.25, 0.3) is 96.7 Å². The summed E-state index contributed by atoms with van der Waals surface area (Å²) < 4.78 is 15.7. The van der Waals surface area contributed by atoms with Crippen LogP contribution in [0.1, 0.15) is 29.0 Å². The highest BCUT2D eigenvalue weighted by molar-refractivity contribution is 7.25. The van der Waals surface area contributed by atoms with Crippen molar-refractivity contribution in [3.63, 3.8) is 0 Å². The van der Waals surface area contributed by atoms with Gasteiger partial charge in [-0.3, -0.25) is 5.32 Å². The van der Waals surface area contributed by atoms with Crippen LogP contribution in [0, 0.1) is 0 Å². The summed E-state index contributed by atoms with van der Waals surface area (Å²) in [5, 5.41) is 19.6. The maximum Gasteiger partial charge on any atom is 0.143 e. The molecular formula is C53H33N3O2S. The molecule has 5 nitrogen and oxygen atoms in total. The predicted octanol–water partition coefficient (Wildman–Crippen LogP) is 14.2. The second kappa shape index (κ2) is 12.6. The molecule has 1 aliphatic heterocycles. The highest BCUT2D eigenvalue weighted by atomic mass is 32.1. The van der Waals surface area contributed by atoms with Crippen LogP contribution in [-0.4, -0.2) is 5.84 Å². The van der Waals surface area contributed by atoms with E-state index in [0.29, 0.717) is 0 Å². The van der Waals surface area contributed by atoms with E-state index in [0.717, 1.165) is 72.0 Å². The van der Waals surface area contributed by atoms with Crippen molar-refractivity contribution in [2.45, 2.75) is 12.3 Å². The van der Waals surface area contributed by atoms with Crippen molar-refractivity contribution in [3.05, 3.63) is 193 Å². The Labute approximate surface area is 341 Å². The Morgan fingerprint density at radius 2 is 1.20 bits per heavy atom. The van der Waals surface area contributed by atoms with E-state index in [4.69, 9.17) is 13.8 Å². The zero-order chi connectivity index (χ0) is 38.6. The van der Waals surface area contributed by atoms with Crippen molar-refractivity contribution in [2.75, 3.05) is 0 Å². The Morgan fingerprint density at radius 3 is 2.12 bits per heavy atom. The molecule has 0 spiro atoms. The lowest BCUT2D eigenvalue weighted by Gasteiger charge is -2.32. The Kier molecular flexibility index (Phi) is 7.02. The smallest absolute Gasteiger partial charge is 0.143 e. The molecular weight excluding hydrogens is 743 g/mol. The normalized spacial score (nSPS) is 16.0. The molecule has 1 aliphatic rings. The van der Waals surface area contributed by atoms with E-state index in [2.05, 4.69) is 168 Å². The average molecular weight is 776 g/mol. The number of amidine groups is 1. The van der Waals surface area contributed by atoms with Crippen molar-refractivity contribution >= 4 is 103 Å². The lowest BCUT2D eigenvalue weighted by molar-refractivity contribution is 0.411. The topological polar surface area (TPSA) is 62.7 Å².